The smallest absolute Gasteiger partial charge is 0.213 e. The SMILES string of the molecule is Oc1cnc(F)cc1CBr. The lowest BCUT2D eigenvalue weighted by Gasteiger charge is -1.97. The van der Waals surface area contributed by atoms with Crippen LogP contribution in [-0.4, -0.2) is 10.1 Å². The van der Waals surface area contributed by atoms with E-state index in [1.54, 1.807) is 0 Å². The van der Waals surface area contributed by atoms with E-state index in [1.165, 1.54) is 6.07 Å². The summed E-state index contributed by atoms with van der Waals surface area (Å²) in [6, 6.07) is 1.18. The van der Waals surface area contributed by atoms with Gasteiger partial charge in [-0.2, -0.15) is 4.39 Å². The number of nitrogens with zero attached hydrogens (tertiary/aromatic N) is 1. The standard InChI is InChI=1S/C6H5BrFNO/c7-2-4-1-6(8)9-3-5(4)10/h1,3,10H,2H2. The van der Waals surface area contributed by atoms with Gasteiger partial charge in [0.2, 0.25) is 5.95 Å². The van der Waals surface area contributed by atoms with Crippen LogP contribution < -0.4 is 0 Å². The van der Waals surface area contributed by atoms with Crippen molar-refractivity contribution >= 4 is 15.9 Å². The fraction of sp³-hybridized carbons (Fsp3) is 0.167. The molecular weight excluding hydrogens is 201 g/mol. The summed E-state index contributed by atoms with van der Waals surface area (Å²) < 4.78 is 12.3. The molecule has 0 radical (unpaired) electrons. The van der Waals surface area contributed by atoms with Gasteiger partial charge in [0.15, 0.2) is 0 Å². The number of aromatic nitrogens is 1. The fourth-order valence-electron chi connectivity index (χ4n) is 0.568. The molecule has 0 saturated carbocycles. The zero-order chi connectivity index (χ0) is 7.56. The summed E-state index contributed by atoms with van der Waals surface area (Å²) in [5, 5.41) is 9.40. The highest BCUT2D eigenvalue weighted by Crippen LogP contribution is 2.17. The van der Waals surface area contributed by atoms with Crippen LogP contribution in [0.25, 0.3) is 0 Å². The summed E-state index contributed by atoms with van der Waals surface area (Å²) in [4.78, 5) is 3.25. The van der Waals surface area contributed by atoms with Crippen LogP contribution in [0.3, 0.4) is 0 Å². The molecule has 0 saturated heterocycles. The van der Waals surface area contributed by atoms with E-state index in [0.717, 1.165) is 6.20 Å². The molecule has 0 aromatic carbocycles. The van der Waals surface area contributed by atoms with Crippen LogP contribution >= 0.6 is 15.9 Å². The van der Waals surface area contributed by atoms with Crippen LogP contribution in [0.15, 0.2) is 12.3 Å². The number of hydrogen-bond acceptors (Lipinski definition) is 2. The van der Waals surface area contributed by atoms with Crippen LogP contribution in [0.4, 0.5) is 4.39 Å². The van der Waals surface area contributed by atoms with E-state index in [2.05, 4.69) is 20.9 Å². The fourth-order valence-corrected chi connectivity index (χ4v) is 1.02. The molecule has 0 amide bonds. The van der Waals surface area contributed by atoms with E-state index >= 15 is 0 Å². The van der Waals surface area contributed by atoms with Gasteiger partial charge in [-0.25, -0.2) is 4.98 Å². The molecule has 54 valence electrons. The van der Waals surface area contributed by atoms with Gasteiger partial charge in [-0.15, -0.1) is 0 Å². The lowest BCUT2D eigenvalue weighted by atomic mass is 10.3. The molecule has 0 bridgehead atoms. The minimum Gasteiger partial charge on any atom is -0.506 e. The summed E-state index contributed by atoms with van der Waals surface area (Å²) >= 11 is 3.09. The van der Waals surface area contributed by atoms with Gasteiger partial charge in [-0.1, -0.05) is 15.9 Å². The molecule has 0 fully saturated rings. The number of rotatable bonds is 1. The monoisotopic (exact) mass is 205 g/mol. The Balaban J connectivity index is 3.09. The van der Waals surface area contributed by atoms with Gasteiger partial charge in [-0.3, -0.25) is 0 Å². The molecule has 1 N–H and O–H groups in total. The topological polar surface area (TPSA) is 33.1 Å². The van der Waals surface area contributed by atoms with E-state index in [-0.39, 0.29) is 5.75 Å². The first-order chi connectivity index (χ1) is 4.74. The lowest BCUT2D eigenvalue weighted by Crippen LogP contribution is -1.85. The Kier molecular flexibility index (Phi) is 2.21. The number of pyridine rings is 1. The van der Waals surface area contributed by atoms with Gasteiger partial charge in [0.25, 0.3) is 0 Å². The van der Waals surface area contributed by atoms with Crippen LogP contribution in [-0.2, 0) is 5.33 Å². The molecule has 4 heteroatoms. The third-order valence-electron chi connectivity index (χ3n) is 1.08. The normalized spacial score (nSPS) is 9.80. The van der Waals surface area contributed by atoms with Gasteiger partial charge >= 0.3 is 0 Å². The van der Waals surface area contributed by atoms with Crippen molar-refractivity contribution in [3.63, 3.8) is 0 Å². The van der Waals surface area contributed by atoms with Crippen molar-refractivity contribution in [3.8, 4) is 5.75 Å². The zero-order valence-corrected chi connectivity index (χ0v) is 6.60. The molecule has 10 heavy (non-hydrogen) atoms. The third-order valence-corrected chi connectivity index (χ3v) is 1.68. The van der Waals surface area contributed by atoms with Crippen molar-refractivity contribution in [3.05, 3.63) is 23.8 Å². The highest BCUT2D eigenvalue weighted by Gasteiger charge is 2.00. The maximum atomic E-state index is 12.3. The van der Waals surface area contributed by atoms with Crippen molar-refractivity contribution in [2.24, 2.45) is 0 Å². The number of hydrogen-bond donors (Lipinski definition) is 1. The first kappa shape index (κ1) is 7.47. The van der Waals surface area contributed by atoms with Crippen LogP contribution in [0, 0.1) is 5.95 Å². The summed E-state index contributed by atoms with van der Waals surface area (Å²) in [6.07, 6.45) is 1.09. The van der Waals surface area contributed by atoms with Crippen LogP contribution in [0.5, 0.6) is 5.75 Å². The van der Waals surface area contributed by atoms with Crippen LogP contribution in [0.1, 0.15) is 5.56 Å². The van der Waals surface area contributed by atoms with Crippen LogP contribution in [0.2, 0.25) is 0 Å². The Morgan fingerprint density at radius 3 is 2.90 bits per heavy atom. The van der Waals surface area contributed by atoms with E-state index in [9.17, 15) is 4.39 Å². The molecular formula is C6H5BrFNO. The third kappa shape index (κ3) is 1.44. The number of alkyl halides is 1. The molecule has 1 aromatic rings. The first-order valence-electron chi connectivity index (χ1n) is 2.63. The molecule has 1 rings (SSSR count). The summed E-state index contributed by atoms with van der Waals surface area (Å²) in [5.41, 5.74) is 0.507. The Labute approximate surface area is 65.8 Å². The van der Waals surface area contributed by atoms with Crippen molar-refractivity contribution in [1.82, 2.24) is 4.98 Å². The summed E-state index contributed by atoms with van der Waals surface area (Å²) in [6.45, 7) is 0. The van der Waals surface area contributed by atoms with Crippen molar-refractivity contribution in [2.45, 2.75) is 5.33 Å². The van der Waals surface area contributed by atoms with E-state index in [0.29, 0.717) is 10.9 Å². The molecule has 0 unspecified atom stereocenters. The maximum Gasteiger partial charge on any atom is 0.213 e. The molecule has 1 heterocycles. The van der Waals surface area contributed by atoms with E-state index in [1.807, 2.05) is 0 Å². The predicted molar refractivity (Wildman–Crippen MR) is 38.5 cm³/mol. The van der Waals surface area contributed by atoms with Crippen molar-refractivity contribution < 1.29 is 9.50 Å². The molecule has 0 spiro atoms. The minimum absolute atomic E-state index is 0.0123. The molecule has 0 aliphatic heterocycles. The molecule has 1 aromatic heterocycles. The number of aromatic hydroxyl groups is 1. The Morgan fingerprint density at radius 1 is 1.70 bits per heavy atom. The second-order valence-corrected chi connectivity index (χ2v) is 2.33. The Hall–Kier alpha value is -0.640. The maximum absolute atomic E-state index is 12.3. The molecule has 0 aliphatic rings. The molecule has 0 atom stereocenters. The second kappa shape index (κ2) is 2.96. The van der Waals surface area contributed by atoms with Gasteiger partial charge in [0.05, 0.1) is 6.20 Å². The molecule has 2 nitrogen and oxygen atoms in total. The Morgan fingerprint density at radius 2 is 2.40 bits per heavy atom. The van der Waals surface area contributed by atoms with E-state index < -0.39 is 5.95 Å². The minimum atomic E-state index is -0.577. The van der Waals surface area contributed by atoms with Gasteiger partial charge in [0.1, 0.15) is 5.75 Å². The average molecular weight is 206 g/mol. The lowest BCUT2D eigenvalue weighted by molar-refractivity contribution is 0.461. The second-order valence-electron chi connectivity index (χ2n) is 1.77. The number of halogens is 2. The quantitative estimate of drug-likeness (QED) is 0.561. The Bertz CT molecular complexity index is 241. The van der Waals surface area contributed by atoms with E-state index in [4.69, 9.17) is 5.11 Å². The summed E-state index contributed by atoms with van der Waals surface area (Å²) in [7, 11) is 0. The van der Waals surface area contributed by atoms with Gasteiger partial charge in [0, 0.05) is 17.0 Å². The first-order valence-corrected chi connectivity index (χ1v) is 3.75. The van der Waals surface area contributed by atoms with Crippen molar-refractivity contribution in [1.29, 1.82) is 0 Å². The highest BCUT2D eigenvalue weighted by atomic mass is 79.9. The summed E-state index contributed by atoms with van der Waals surface area (Å²) in [5.74, 6) is -0.564. The highest BCUT2D eigenvalue weighted by molar-refractivity contribution is 9.08. The average Bonchev–Trinajstić information content (AvgIpc) is 1.94. The van der Waals surface area contributed by atoms with Gasteiger partial charge < -0.3 is 5.11 Å². The largest absolute Gasteiger partial charge is 0.506 e. The predicted octanol–water partition coefficient (Wildman–Crippen LogP) is 1.82. The molecule has 0 aliphatic carbocycles. The van der Waals surface area contributed by atoms with Gasteiger partial charge in [-0.05, 0) is 0 Å². The zero-order valence-electron chi connectivity index (χ0n) is 5.01. The van der Waals surface area contributed by atoms with Crippen molar-refractivity contribution in [2.75, 3.05) is 0 Å².